The maximum Gasteiger partial charge on any atom is 0.137 e. The number of benzene rings is 3. The fraction of sp³-hybridized carbons (Fsp3) is 0.182. The van der Waals surface area contributed by atoms with Gasteiger partial charge < -0.3 is 4.90 Å². The first-order valence-electron chi connectivity index (χ1n) is 8.46. The van der Waals surface area contributed by atoms with Crippen LogP contribution in [0.15, 0.2) is 91.0 Å². The van der Waals surface area contributed by atoms with Crippen molar-refractivity contribution < 1.29 is 0 Å². The Morgan fingerprint density at radius 3 is 1.38 bits per heavy atom. The van der Waals surface area contributed by atoms with Crippen molar-refractivity contribution in [1.29, 1.82) is 0 Å². The molecule has 0 bridgehead atoms. The summed E-state index contributed by atoms with van der Waals surface area (Å²) in [6.07, 6.45) is 0. The normalized spacial score (nSPS) is 13.0. The standard InChI is InChI=1S/C22H25NSi/c1-23(2)22(19-13-7-4-8-14-19)24(3,20-15-9-5-10-16-20)21-17-11-6-12-18-21/h4-18,22H,1-3H3. The van der Waals surface area contributed by atoms with Crippen LogP contribution in [0.5, 0.6) is 0 Å². The van der Waals surface area contributed by atoms with Crippen LogP contribution in [0.2, 0.25) is 6.55 Å². The maximum atomic E-state index is 2.50. The third-order valence-electron chi connectivity index (χ3n) is 4.93. The summed E-state index contributed by atoms with van der Waals surface area (Å²) in [5.74, 6) is 0. The average Bonchev–Trinajstić information content (AvgIpc) is 2.64. The molecule has 3 rings (SSSR count). The molecule has 0 saturated carbocycles. The van der Waals surface area contributed by atoms with E-state index in [4.69, 9.17) is 0 Å². The van der Waals surface area contributed by atoms with Crippen LogP contribution in [0.25, 0.3) is 0 Å². The van der Waals surface area contributed by atoms with E-state index in [1.165, 1.54) is 15.9 Å². The van der Waals surface area contributed by atoms with Crippen molar-refractivity contribution in [3.05, 3.63) is 96.6 Å². The highest BCUT2D eigenvalue weighted by atomic mass is 28.3. The van der Waals surface area contributed by atoms with E-state index >= 15 is 0 Å². The third-order valence-corrected chi connectivity index (χ3v) is 9.93. The zero-order chi connectivity index (χ0) is 17.0. The Bertz CT molecular complexity index is 714. The summed E-state index contributed by atoms with van der Waals surface area (Å²) in [5, 5.41) is 2.94. The van der Waals surface area contributed by atoms with Gasteiger partial charge in [0.05, 0.1) is 0 Å². The highest BCUT2D eigenvalue weighted by molar-refractivity contribution is 7.02. The molecule has 0 spiro atoms. The van der Waals surface area contributed by atoms with Crippen molar-refractivity contribution in [3.8, 4) is 0 Å². The fourth-order valence-corrected chi connectivity index (χ4v) is 8.46. The molecule has 0 aliphatic rings. The van der Waals surface area contributed by atoms with Crippen LogP contribution in [0.1, 0.15) is 11.2 Å². The van der Waals surface area contributed by atoms with Crippen LogP contribution in [0, 0.1) is 0 Å². The molecule has 0 heterocycles. The fourth-order valence-electron chi connectivity index (χ4n) is 3.83. The van der Waals surface area contributed by atoms with E-state index in [1.54, 1.807) is 0 Å². The molecule has 0 aromatic heterocycles. The molecule has 0 amide bonds. The van der Waals surface area contributed by atoms with Crippen molar-refractivity contribution in [2.45, 2.75) is 12.2 Å². The van der Waals surface area contributed by atoms with Gasteiger partial charge in [0.2, 0.25) is 0 Å². The molecule has 122 valence electrons. The lowest BCUT2D eigenvalue weighted by atomic mass is 10.2. The quantitative estimate of drug-likeness (QED) is 0.644. The molecule has 0 fully saturated rings. The van der Waals surface area contributed by atoms with Gasteiger partial charge in [-0.3, -0.25) is 0 Å². The summed E-state index contributed by atoms with van der Waals surface area (Å²) >= 11 is 0. The molecule has 1 nitrogen and oxygen atoms in total. The molecule has 3 aromatic carbocycles. The van der Waals surface area contributed by atoms with E-state index in [0.717, 1.165) is 0 Å². The summed E-state index contributed by atoms with van der Waals surface area (Å²) in [5.41, 5.74) is 1.77. The number of hydrogen-bond acceptors (Lipinski definition) is 1. The largest absolute Gasteiger partial charge is 0.304 e. The Kier molecular flexibility index (Phi) is 4.98. The molecule has 1 atom stereocenters. The third kappa shape index (κ3) is 3.08. The lowest BCUT2D eigenvalue weighted by Crippen LogP contribution is -2.63. The van der Waals surface area contributed by atoms with Gasteiger partial charge in [-0.15, -0.1) is 0 Å². The van der Waals surface area contributed by atoms with Crippen LogP contribution < -0.4 is 10.4 Å². The number of hydrogen-bond donors (Lipinski definition) is 0. The van der Waals surface area contributed by atoms with Crippen molar-refractivity contribution in [2.24, 2.45) is 0 Å². The van der Waals surface area contributed by atoms with Gasteiger partial charge in [-0.1, -0.05) is 108 Å². The Balaban J connectivity index is 2.24. The Labute approximate surface area is 146 Å². The van der Waals surface area contributed by atoms with Gasteiger partial charge >= 0.3 is 0 Å². The van der Waals surface area contributed by atoms with Crippen LogP contribution in [-0.2, 0) is 0 Å². The molecule has 0 saturated heterocycles. The van der Waals surface area contributed by atoms with Gasteiger partial charge in [0.15, 0.2) is 0 Å². The zero-order valence-electron chi connectivity index (χ0n) is 14.7. The van der Waals surface area contributed by atoms with Gasteiger partial charge in [-0.05, 0) is 19.7 Å². The van der Waals surface area contributed by atoms with Gasteiger partial charge in [0.25, 0.3) is 0 Å². The van der Waals surface area contributed by atoms with Gasteiger partial charge in [-0.2, -0.15) is 0 Å². The van der Waals surface area contributed by atoms with Crippen molar-refractivity contribution in [2.75, 3.05) is 14.1 Å². The van der Waals surface area contributed by atoms with E-state index in [1.807, 2.05) is 0 Å². The summed E-state index contributed by atoms with van der Waals surface area (Å²) < 4.78 is 0. The SMILES string of the molecule is CN(C)C(c1ccccc1)[Si](C)(c1ccccc1)c1ccccc1. The first-order valence-corrected chi connectivity index (χ1v) is 11.0. The highest BCUT2D eigenvalue weighted by Crippen LogP contribution is 2.29. The van der Waals surface area contributed by atoms with Crippen molar-refractivity contribution >= 4 is 18.4 Å². The minimum Gasteiger partial charge on any atom is -0.304 e. The molecular formula is C22H25NSi. The summed E-state index contributed by atoms with van der Waals surface area (Å²) in [6, 6.07) is 33.0. The first-order chi connectivity index (χ1) is 11.6. The summed E-state index contributed by atoms with van der Waals surface area (Å²) in [7, 11) is 2.40. The minimum atomic E-state index is -2.01. The molecule has 0 radical (unpaired) electrons. The average molecular weight is 332 g/mol. The molecule has 0 N–H and O–H groups in total. The van der Waals surface area contributed by atoms with Crippen LogP contribution >= 0.6 is 0 Å². The Hall–Kier alpha value is -2.16. The second-order valence-electron chi connectivity index (χ2n) is 6.71. The lowest BCUT2D eigenvalue weighted by Gasteiger charge is -2.41. The van der Waals surface area contributed by atoms with Gasteiger partial charge in [0, 0.05) is 5.67 Å². The topological polar surface area (TPSA) is 3.24 Å². The highest BCUT2D eigenvalue weighted by Gasteiger charge is 2.42. The van der Waals surface area contributed by atoms with Crippen LogP contribution in [0.3, 0.4) is 0 Å². The molecule has 24 heavy (non-hydrogen) atoms. The van der Waals surface area contributed by atoms with Crippen LogP contribution in [-0.4, -0.2) is 27.1 Å². The van der Waals surface area contributed by atoms with E-state index in [9.17, 15) is 0 Å². The maximum absolute atomic E-state index is 2.50. The first kappa shape index (κ1) is 16.7. The second kappa shape index (κ2) is 7.16. The zero-order valence-corrected chi connectivity index (χ0v) is 15.7. The summed E-state index contributed by atoms with van der Waals surface area (Å²) in [4.78, 5) is 2.39. The molecule has 2 heteroatoms. The van der Waals surface area contributed by atoms with E-state index in [-0.39, 0.29) is 0 Å². The van der Waals surface area contributed by atoms with E-state index in [0.29, 0.717) is 5.67 Å². The van der Waals surface area contributed by atoms with E-state index < -0.39 is 8.07 Å². The smallest absolute Gasteiger partial charge is 0.137 e. The van der Waals surface area contributed by atoms with Crippen LogP contribution in [0.4, 0.5) is 0 Å². The predicted octanol–water partition coefficient (Wildman–Crippen LogP) is 3.72. The predicted molar refractivity (Wildman–Crippen MR) is 107 cm³/mol. The lowest BCUT2D eigenvalue weighted by molar-refractivity contribution is 0.374. The molecule has 1 unspecified atom stereocenters. The number of rotatable bonds is 5. The van der Waals surface area contributed by atoms with Crippen molar-refractivity contribution in [1.82, 2.24) is 4.90 Å². The Morgan fingerprint density at radius 1 is 0.625 bits per heavy atom. The number of nitrogens with zero attached hydrogens (tertiary/aromatic N) is 1. The molecule has 3 aromatic rings. The monoisotopic (exact) mass is 331 g/mol. The van der Waals surface area contributed by atoms with Gasteiger partial charge in [-0.25, -0.2) is 0 Å². The molecule has 0 aliphatic heterocycles. The summed E-state index contributed by atoms with van der Waals surface area (Å²) in [6.45, 7) is 2.50. The molecule has 0 aliphatic carbocycles. The van der Waals surface area contributed by atoms with E-state index in [2.05, 4.69) is 117 Å². The second-order valence-corrected chi connectivity index (χ2v) is 10.8. The van der Waals surface area contributed by atoms with Crippen molar-refractivity contribution in [3.63, 3.8) is 0 Å². The Morgan fingerprint density at radius 2 is 1.00 bits per heavy atom. The molecular weight excluding hydrogens is 306 g/mol. The van der Waals surface area contributed by atoms with Gasteiger partial charge in [0.1, 0.15) is 8.07 Å². The minimum absolute atomic E-state index is 0.378.